The van der Waals surface area contributed by atoms with Crippen LogP contribution < -0.4 is 20.5 Å². The Morgan fingerprint density at radius 2 is 2.03 bits per heavy atom. The first-order valence-electron chi connectivity index (χ1n) is 12.0. The third-order valence-corrected chi connectivity index (χ3v) is 7.10. The van der Waals surface area contributed by atoms with Gasteiger partial charge in [0.25, 0.3) is 5.91 Å². The highest BCUT2D eigenvalue weighted by Gasteiger charge is 2.39. The number of amides is 3. The number of likely N-dealkylation sites (tertiary alicyclic amines) is 1. The largest absolute Gasteiger partial charge is 0.469 e. The summed E-state index contributed by atoms with van der Waals surface area (Å²) in [5.41, 5.74) is 6.70. The number of carbonyl (C=O) groups excluding carboxylic acids is 2. The predicted molar refractivity (Wildman–Crippen MR) is 138 cm³/mol. The summed E-state index contributed by atoms with van der Waals surface area (Å²) in [6.45, 7) is 4.53. The lowest BCUT2D eigenvalue weighted by Gasteiger charge is -2.42. The van der Waals surface area contributed by atoms with E-state index in [1.54, 1.807) is 36.5 Å². The Morgan fingerprint density at radius 1 is 1.25 bits per heavy atom. The second-order valence-corrected chi connectivity index (χ2v) is 9.56. The number of piperidine rings is 1. The van der Waals surface area contributed by atoms with Crippen molar-refractivity contribution in [1.29, 1.82) is 0 Å². The lowest BCUT2D eigenvalue weighted by atomic mass is 9.93. The van der Waals surface area contributed by atoms with Crippen LogP contribution in [0.5, 0.6) is 17.2 Å². The molecule has 3 aromatic rings. The number of primary amides is 1. The van der Waals surface area contributed by atoms with Gasteiger partial charge in [-0.25, -0.2) is 4.79 Å². The molecule has 10 heteroatoms. The summed E-state index contributed by atoms with van der Waals surface area (Å²) >= 11 is 6.26. The van der Waals surface area contributed by atoms with Crippen molar-refractivity contribution in [2.24, 2.45) is 11.7 Å². The molecule has 188 valence electrons. The maximum Gasteiger partial charge on any atom is 0.316 e. The Labute approximate surface area is 214 Å². The van der Waals surface area contributed by atoms with Gasteiger partial charge in [-0.2, -0.15) is 0 Å². The van der Waals surface area contributed by atoms with E-state index in [0.717, 1.165) is 25.9 Å². The second kappa shape index (κ2) is 9.83. The fourth-order valence-electron chi connectivity index (χ4n) is 4.87. The van der Waals surface area contributed by atoms with E-state index in [9.17, 15) is 9.59 Å². The van der Waals surface area contributed by atoms with Crippen LogP contribution in [0.3, 0.4) is 0 Å². The van der Waals surface area contributed by atoms with Crippen molar-refractivity contribution in [1.82, 2.24) is 14.8 Å². The third-order valence-electron chi connectivity index (χ3n) is 6.78. The fraction of sp³-hybridized carbons (Fsp3) is 0.346. The molecule has 0 spiro atoms. The molecule has 0 bridgehead atoms. The van der Waals surface area contributed by atoms with Gasteiger partial charge in [0.05, 0.1) is 21.8 Å². The molecule has 2 aliphatic rings. The Morgan fingerprint density at radius 3 is 2.72 bits per heavy atom. The van der Waals surface area contributed by atoms with Crippen LogP contribution in [-0.2, 0) is 0 Å². The first-order valence-corrected chi connectivity index (χ1v) is 12.3. The number of nitrogens with two attached hydrogens (primary N) is 1. The molecule has 3 heterocycles. The van der Waals surface area contributed by atoms with E-state index in [0.29, 0.717) is 45.9 Å². The smallest absolute Gasteiger partial charge is 0.316 e. The standard InChI is InChI=1S/C26H28ClN5O4/c1-3-32-24(33)18-13-17-21(14-23(18)36-25(32)15-7-10-31(2)11-8-15)29-9-6-22(17)35-16-4-5-20(19(27)12-16)30-26(28)34/h4-6,9,12-15,25H,3,7-8,10-11H2,1-2H3,(H3,28,30,34). The first kappa shape index (κ1) is 24.1. The van der Waals surface area contributed by atoms with E-state index >= 15 is 0 Å². The minimum atomic E-state index is -0.707. The summed E-state index contributed by atoms with van der Waals surface area (Å²) in [5.74, 6) is 1.76. The number of benzene rings is 2. The molecule has 36 heavy (non-hydrogen) atoms. The SMILES string of the molecule is CCN1C(=O)c2cc3c(Oc4ccc(NC(N)=O)c(Cl)c4)ccnc3cc2OC1C1CCN(C)CC1. The van der Waals surface area contributed by atoms with Gasteiger partial charge in [-0.3, -0.25) is 9.78 Å². The molecule has 3 amide bonds. The molecule has 1 fully saturated rings. The van der Waals surface area contributed by atoms with E-state index < -0.39 is 6.03 Å². The first-order chi connectivity index (χ1) is 17.3. The van der Waals surface area contributed by atoms with Crippen molar-refractivity contribution in [3.8, 4) is 17.2 Å². The Balaban J connectivity index is 1.47. The maximum atomic E-state index is 13.6. The Hall–Kier alpha value is -3.56. The zero-order valence-electron chi connectivity index (χ0n) is 20.2. The van der Waals surface area contributed by atoms with Crippen LogP contribution >= 0.6 is 11.6 Å². The fourth-order valence-corrected chi connectivity index (χ4v) is 5.09. The van der Waals surface area contributed by atoms with E-state index in [1.165, 1.54) is 0 Å². The molecule has 0 radical (unpaired) electrons. The minimum absolute atomic E-state index is 0.0516. The van der Waals surface area contributed by atoms with Crippen molar-refractivity contribution >= 4 is 40.1 Å². The summed E-state index contributed by atoms with van der Waals surface area (Å²) in [6, 6.07) is 9.47. The maximum absolute atomic E-state index is 13.6. The molecule has 0 saturated carbocycles. The van der Waals surface area contributed by atoms with Crippen LogP contribution in [0.2, 0.25) is 5.02 Å². The number of halogens is 1. The number of hydrogen-bond acceptors (Lipinski definition) is 6. The number of fused-ring (bicyclic) bond motifs is 2. The van der Waals surface area contributed by atoms with Crippen LogP contribution in [0.1, 0.15) is 30.1 Å². The number of nitrogens with one attached hydrogen (secondary N) is 1. The molecule has 2 aliphatic heterocycles. The molecule has 1 saturated heterocycles. The highest BCUT2D eigenvalue weighted by Crippen LogP contribution is 2.39. The van der Waals surface area contributed by atoms with Crippen molar-refractivity contribution in [3.63, 3.8) is 0 Å². The average molecular weight is 510 g/mol. The second-order valence-electron chi connectivity index (χ2n) is 9.15. The highest BCUT2D eigenvalue weighted by atomic mass is 35.5. The number of nitrogens with zero attached hydrogens (tertiary/aromatic N) is 3. The summed E-state index contributed by atoms with van der Waals surface area (Å²) in [7, 11) is 2.12. The number of aromatic nitrogens is 1. The number of rotatable bonds is 5. The number of pyridine rings is 1. The number of urea groups is 1. The van der Waals surface area contributed by atoms with Gasteiger partial charge in [0.2, 0.25) is 0 Å². The summed E-state index contributed by atoms with van der Waals surface area (Å²) in [6.07, 6.45) is 3.34. The molecular weight excluding hydrogens is 482 g/mol. The predicted octanol–water partition coefficient (Wildman–Crippen LogP) is 4.69. The Kier molecular flexibility index (Phi) is 6.59. The molecule has 5 rings (SSSR count). The van der Waals surface area contributed by atoms with Crippen molar-refractivity contribution in [2.75, 3.05) is 32.0 Å². The van der Waals surface area contributed by atoms with Gasteiger partial charge >= 0.3 is 6.03 Å². The van der Waals surface area contributed by atoms with E-state index in [-0.39, 0.29) is 23.1 Å². The zero-order chi connectivity index (χ0) is 25.4. The summed E-state index contributed by atoms with van der Waals surface area (Å²) < 4.78 is 12.6. The zero-order valence-corrected chi connectivity index (χ0v) is 20.9. The molecule has 1 atom stereocenters. The van der Waals surface area contributed by atoms with Gasteiger partial charge in [-0.1, -0.05) is 11.6 Å². The van der Waals surface area contributed by atoms with Gasteiger partial charge in [-0.15, -0.1) is 0 Å². The molecule has 2 aromatic carbocycles. The molecule has 9 nitrogen and oxygen atoms in total. The number of ether oxygens (including phenoxy) is 2. The summed E-state index contributed by atoms with van der Waals surface area (Å²) in [5, 5.41) is 3.41. The quantitative estimate of drug-likeness (QED) is 0.516. The minimum Gasteiger partial charge on any atom is -0.469 e. The molecule has 3 N–H and O–H groups in total. The van der Waals surface area contributed by atoms with Gasteiger partial charge in [0.1, 0.15) is 17.2 Å². The van der Waals surface area contributed by atoms with E-state index in [2.05, 4.69) is 22.2 Å². The topological polar surface area (TPSA) is 110 Å². The van der Waals surface area contributed by atoms with Gasteiger partial charge < -0.3 is 30.3 Å². The van der Waals surface area contributed by atoms with E-state index in [4.69, 9.17) is 26.8 Å². The molecular formula is C26H28ClN5O4. The van der Waals surface area contributed by atoms with Crippen LogP contribution in [0.15, 0.2) is 42.6 Å². The van der Waals surface area contributed by atoms with Crippen molar-refractivity contribution in [3.05, 3.63) is 53.2 Å². The van der Waals surface area contributed by atoms with Crippen molar-refractivity contribution < 1.29 is 19.1 Å². The van der Waals surface area contributed by atoms with Gasteiger partial charge in [-0.05, 0) is 64.2 Å². The van der Waals surface area contributed by atoms with Crippen LogP contribution in [-0.4, -0.2) is 59.6 Å². The van der Waals surface area contributed by atoms with Gasteiger partial charge in [0.15, 0.2) is 6.23 Å². The van der Waals surface area contributed by atoms with Gasteiger partial charge in [0, 0.05) is 36.2 Å². The highest BCUT2D eigenvalue weighted by molar-refractivity contribution is 6.33. The molecule has 1 unspecified atom stereocenters. The lowest BCUT2D eigenvalue weighted by Crippen LogP contribution is -2.53. The normalized spacial score (nSPS) is 18.6. The summed E-state index contributed by atoms with van der Waals surface area (Å²) in [4.78, 5) is 33.3. The molecule has 0 aliphatic carbocycles. The van der Waals surface area contributed by atoms with Crippen LogP contribution in [0, 0.1) is 5.92 Å². The van der Waals surface area contributed by atoms with Crippen LogP contribution in [0.4, 0.5) is 10.5 Å². The monoisotopic (exact) mass is 509 g/mol. The van der Waals surface area contributed by atoms with E-state index in [1.807, 2.05) is 17.9 Å². The average Bonchev–Trinajstić information content (AvgIpc) is 2.85. The number of anilines is 1. The lowest BCUT2D eigenvalue weighted by molar-refractivity contribution is -0.0327. The molecule has 1 aromatic heterocycles. The number of hydrogen-bond donors (Lipinski definition) is 2. The van der Waals surface area contributed by atoms with Crippen LogP contribution in [0.25, 0.3) is 10.9 Å². The van der Waals surface area contributed by atoms with Crippen molar-refractivity contribution in [2.45, 2.75) is 26.0 Å². The third kappa shape index (κ3) is 4.64. The Bertz CT molecular complexity index is 1330. The number of carbonyl (C=O) groups is 2.